The summed E-state index contributed by atoms with van der Waals surface area (Å²) in [5.74, 6) is -0.737. The smallest absolute Gasteiger partial charge is 0.345 e. The summed E-state index contributed by atoms with van der Waals surface area (Å²) < 4.78 is 33.9. The molecule has 0 fully saturated rings. The number of rotatable bonds is 6. The summed E-state index contributed by atoms with van der Waals surface area (Å²) in [4.78, 5) is 12.2. The Morgan fingerprint density at radius 3 is 2.86 bits per heavy atom. The molecule has 1 aliphatic rings. The largest absolute Gasteiger partial charge is 0.388 e. The van der Waals surface area contributed by atoms with Crippen LogP contribution in [0.3, 0.4) is 0 Å². The van der Waals surface area contributed by atoms with Crippen LogP contribution in [0.2, 0.25) is 0 Å². The van der Waals surface area contributed by atoms with E-state index in [2.05, 4.69) is 4.40 Å². The first-order chi connectivity index (χ1) is 9.99. The van der Waals surface area contributed by atoms with E-state index in [4.69, 9.17) is 9.84 Å². The molecular weight excluding hydrogens is 316 g/mol. The van der Waals surface area contributed by atoms with E-state index in [1.54, 1.807) is 17.5 Å². The number of allylic oxidation sites excluding steroid dienone is 1. The molecule has 7 nitrogen and oxygen atoms in total. The van der Waals surface area contributed by atoms with Gasteiger partial charge in [0.1, 0.15) is 12.3 Å². The van der Waals surface area contributed by atoms with Crippen molar-refractivity contribution in [3.8, 4) is 0 Å². The molecule has 0 unspecified atom stereocenters. The number of aliphatic hydroxyl groups is 1. The maximum Gasteiger partial charge on any atom is 0.345 e. The van der Waals surface area contributed by atoms with Gasteiger partial charge >= 0.3 is 10.2 Å². The lowest BCUT2D eigenvalue weighted by atomic mass is 10.2. The Morgan fingerprint density at radius 1 is 1.52 bits per heavy atom. The average Bonchev–Trinajstić information content (AvgIpc) is 2.97. The van der Waals surface area contributed by atoms with Crippen LogP contribution in [-0.2, 0) is 19.7 Å². The Labute approximate surface area is 126 Å². The van der Waals surface area contributed by atoms with Gasteiger partial charge in [0.25, 0.3) is 0 Å². The van der Waals surface area contributed by atoms with Crippen molar-refractivity contribution in [1.29, 1.82) is 0 Å². The summed E-state index contributed by atoms with van der Waals surface area (Å²) in [6, 6.07) is 3.53. The lowest BCUT2D eigenvalue weighted by Gasteiger charge is -2.26. The lowest BCUT2D eigenvalue weighted by molar-refractivity contribution is -0.115. The number of carbonyl (C=O) groups excluding carboxylic acids is 1. The zero-order chi connectivity index (χ0) is 15.5. The second-order valence-electron chi connectivity index (χ2n) is 4.11. The number of Topliss-reactive ketones (excluding diaryl/α,β-unsaturated/α-hetero) is 1. The molecule has 9 heteroatoms. The number of aliphatic hydroxyl groups excluding tert-OH is 1. The predicted octanol–water partition coefficient (Wildman–Crippen LogP) is 0.298. The van der Waals surface area contributed by atoms with E-state index in [-0.39, 0.29) is 18.9 Å². The fourth-order valence-corrected chi connectivity index (χ4v) is 3.78. The van der Waals surface area contributed by atoms with Gasteiger partial charge in [0.2, 0.25) is 5.78 Å². The van der Waals surface area contributed by atoms with Crippen molar-refractivity contribution >= 4 is 38.7 Å². The van der Waals surface area contributed by atoms with Crippen LogP contribution in [-0.4, -0.2) is 56.2 Å². The molecule has 0 radical (unpaired) electrons. The summed E-state index contributed by atoms with van der Waals surface area (Å²) in [6.07, 6.45) is 1.38. The van der Waals surface area contributed by atoms with Crippen LogP contribution in [0.15, 0.2) is 28.0 Å². The molecule has 0 amide bonds. The first-order valence-corrected chi connectivity index (χ1v) is 8.28. The minimum Gasteiger partial charge on any atom is -0.388 e. The average molecular weight is 330 g/mol. The Balaban J connectivity index is 2.49. The second kappa shape index (κ2) is 6.48. The van der Waals surface area contributed by atoms with Crippen molar-refractivity contribution in [2.75, 3.05) is 26.9 Å². The van der Waals surface area contributed by atoms with E-state index < -0.39 is 22.6 Å². The molecule has 0 atom stereocenters. The van der Waals surface area contributed by atoms with Crippen LogP contribution in [0.5, 0.6) is 0 Å². The van der Waals surface area contributed by atoms with Gasteiger partial charge in [-0.2, -0.15) is 8.42 Å². The van der Waals surface area contributed by atoms with Gasteiger partial charge in [-0.25, -0.2) is 4.31 Å². The highest BCUT2D eigenvalue weighted by Gasteiger charge is 2.31. The number of nitrogens with zero attached hydrogens (tertiary/aromatic N) is 2. The number of hydrogen-bond donors (Lipinski definition) is 1. The van der Waals surface area contributed by atoms with Gasteiger partial charge in [-0.05, 0) is 17.5 Å². The van der Waals surface area contributed by atoms with Crippen molar-refractivity contribution in [1.82, 2.24) is 4.31 Å². The Bertz CT molecular complexity index is 677. The topological polar surface area (TPSA) is 96.3 Å². The first kappa shape index (κ1) is 15.8. The van der Waals surface area contributed by atoms with Gasteiger partial charge in [-0.3, -0.25) is 4.79 Å². The zero-order valence-electron chi connectivity index (χ0n) is 11.2. The first-order valence-electron chi connectivity index (χ1n) is 6.01. The number of carbonyl (C=O) groups is 1. The van der Waals surface area contributed by atoms with Crippen LogP contribution in [0, 0.1) is 0 Å². The van der Waals surface area contributed by atoms with E-state index >= 15 is 0 Å². The van der Waals surface area contributed by atoms with Gasteiger partial charge in [-0.15, -0.1) is 15.7 Å². The molecule has 0 saturated carbocycles. The van der Waals surface area contributed by atoms with Crippen molar-refractivity contribution in [2.24, 2.45) is 4.40 Å². The number of ketones is 1. The molecule has 1 aromatic rings. The number of thiophene rings is 1. The fraction of sp³-hybridized carbons (Fsp3) is 0.333. The van der Waals surface area contributed by atoms with Crippen LogP contribution in [0.25, 0.3) is 5.70 Å². The van der Waals surface area contributed by atoms with Gasteiger partial charge in [0, 0.05) is 7.11 Å². The molecule has 0 bridgehead atoms. The predicted molar refractivity (Wildman–Crippen MR) is 79.3 cm³/mol. The van der Waals surface area contributed by atoms with Crippen LogP contribution in [0.1, 0.15) is 4.88 Å². The highest BCUT2D eigenvalue weighted by Crippen LogP contribution is 2.29. The molecule has 21 heavy (non-hydrogen) atoms. The van der Waals surface area contributed by atoms with E-state index in [0.717, 1.165) is 4.31 Å². The Kier molecular flexibility index (Phi) is 4.88. The van der Waals surface area contributed by atoms with E-state index in [9.17, 15) is 13.2 Å². The minimum atomic E-state index is -4.03. The Morgan fingerprint density at radius 2 is 2.29 bits per heavy atom. The van der Waals surface area contributed by atoms with Crippen molar-refractivity contribution in [3.05, 3.63) is 28.5 Å². The molecule has 1 aliphatic heterocycles. The van der Waals surface area contributed by atoms with E-state index in [0.29, 0.717) is 10.6 Å². The number of ether oxygens (including phenoxy) is 1. The highest BCUT2D eigenvalue weighted by molar-refractivity contribution is 7.88. The summed E-state index contributed by atoms with van der Waals surface area (Å²) in [6.45, 7) is -0.506. The molecule has 0 saturated heterocycles. The number of methoxy groups -OCH3 is 1. The molecular formula is C12H14N2O5S2. The normalized spacial score (nSPS) is 17.3. The van der Waals surface area contributed by atoms with Gasteiger partial charge in [0.05, 0.1) is 23.7 Å². The maximum absolute atomic E-state index is 12.2. The summed E-state index contributed by atoms with van der Waals surface area (Å²) in [5, 5.41) is 10.7. The van der Waals surface area contributed by atoms with Crippen LogP contribution in [0.4, 0.5) is 0 Å². The fourth-order valence-electron chi connectivity index (χ4n) is 1.77. The van der Waals surface area contributed by atoms with Gasteiger partial charge in [0.15, 0.2) is 0 Å². The van der Waals surface area contributed by atoms with Gasteiger partial charge in [-0.1, -0.05) is 6.07 Å². The molecule has 1 N–H and O–H groups in total. The maximum atomic E-state index is 12.2. The third kappa shape index (κ3) is 3.38. The molecule has 0 aromatic carbocycles. The lowest BCUT2D eigenvalue weighted by Crippen LogP contribution is -2.36. The summed E-state index contributed by atoms with van der Waals surface area (Å²) in [7, 11) is -2.56. The Hall–Kier alpha value is -1.55. The molecule has 1 aromatic heterocycles. The molecule has 0 spiro atoms. The summed E-state index contributed by atoms with van der Waals surface area (Å²) in [5.41, 5.74) is 0.0865. The van der Waals surface area contributed by atoms with Crippen LogP contribution < -0.4 is 0 Å². The van der Waals surface area contributed by atoms with E-state index in [1.165, 1.54) is 24.5 Å². The van der Waals surface area contributed by atoms with Crippen molar-refractivity contribution in [3.63, 3.8) is 0 Å². The second-order valence-corrected chi connectivity index (χ2v) is 6.57. The SMILES string of the molecule is COCCN1C(c2cccs2)=CC(C(=O)CO)=NS1(=O)=O. The standard InChI is InChI=1S/C12H14N2O5S2/c1-19-5-4-14-10(12-3-2-6-20-12)7-9(11(16)8-15)13-21(14,17)18/h2-3,6-7,15H,4-5,8H2,1H3. The third-order valence-electron chi connectivity index (χ3n) is 2.74. The third-order valence-corrected chi connectivity index (χ3v) is 4.99. The van der Waals surface area contributed by atoms with E-state index in [1.807, 2.05) is 0 Å². The number of hydrogen-bond acceptors (Lipinski definition) is 6. The molecule has 0 aliphatic carbocycles. The van der Waals surface area contributed by atoms with Gasteiger partial charge < -0.3 is 9.84 Å². The molecule has 2 rings (SSSR count). The zero-order valence-corrected chi connectivity index (χ0v) is 12.9. The molecule has 114 valence electrons. The van der Waals surface area contributed by atoms with Crippen LogP contribution >= 0.6 is 11.3 Å². The highest BCUT2D eigenvalue weighted by atomic mass is 32.2. The summed E-state index contributed by atoms with van der Waals surface area (Å²) >= 11 is 1.34. The van der Waals surface area contributed by atoms with Crippen molar-refractivity contribution < 1.29 is 23.1 Å². The minimum absolute atomic E-state index is 0.0899. The quantitative estimate of drug-likeness (QED) is 0.809. The monoisotopic (exact) mass is 330 g/mol. The van der Waals surface area contributed by atoms with Crippen molar-refractivity contribution in [2.45, 2.75) is 0 Å². The molecule has 2 heterocycles.